The number of rotatable bonds is 5. The first-order valence-electron chi connectivity index (χ1n) is 8.90. The number of thiazole rings is 1. The topological polar surface area (TPSA) is 60.8 Å². The van der Waals surface area contributed by atoms with Crippen LogP contribution in [0.5, 0.6) is 0 Å². The molecule has 1 saturated heterocycles. The van der Waals surface area contributed by atoms with Gasteiger partial charge in [0.15, 0.2) is 5.13 Å². The number of amidine groups is 1. The van der Waals surface area contributed by atoms with Crippen LogP contribution in [0, 0.1) is 5.41 Å². The highest BCUT2D eigenvalue weighted by Gasteiger charge is 2.33. The summed E-state index contributed by atoms with van der Waals surface area (Å²) >= 11 is 1.53. The van der Waals surface area contributed by atoms with Crippen molar-refractivity contribution in [2.45, 2.75) is 39.7 Å². The molecule has 3 rings (SSSR count). The van der Waals surface area contributed by atoms with E-state index in [0.29, 0.717) is 11.7 Å². The van der Waals surface area contributed by atoms with Crippen LogP contribution in [-0.4, -0.2) is 53.2 Å². The van der Waals surface area contributed by atoms with Crippen molar-refractivity contribution < 1.29 is 9.18 Å². The number of hydrogen-bond donors (Lipinski definition) is 1. The zero-order valence-corrected chi connectivity index (χ0v) is 16.4. The standard InChI is InChI=1S/C18H26FN5OS/c1-13(25)22-17-21-9-15(26-17)11-24-6-4-5-18(2,12-24)7-16-20-8-14(19)10-23(16)3/h8-9H,4-7,10-12H2,1-3H3,(H,21,22,25). The third-order valence-corrected chi connectivity index (χ3v) is 5.74. The molecule has 3 heterocycles. The van der Waals surface area contributed by atoms with Gasteiger partial charge in [-0.05, 0) is 24.8 Å². The third kappa shape index (κ3) is 4.88. The van der Waals surface area contributed by atoms with Gasteiger partial charge in [0.25, 0.3) is 0 Å². The fourth-order valence-corrected chi connectivity index (χ4v) is 4.58. The molecule has 2 aliphatic heterocycles. The molecule has 26 heavy (non-hydrogen) atoms. The third-order valence-electron chi connectivity index (χ3n) is 4.84. The summed E-state index contributed by atoms with van der Waals surface area (Å²) in [5.41, 5.74) is 0.123. The van der Waals surface area contributed by atoms with Crippen molar-refractivity contribution in [3.63, 3.8) is 0 Å². The van der Waals surface area contributed by atoms with Gasteiger partial charge in [-0.1, -0.05) is 6.92 Å². The van der Waals surface area contributed by atoms with Crippen LogP contribution in [-0.2, 0) is 11.3 Å². The second-order valence-electron chi connectivity index (χ2n) is 7.59. The molecule has 1 aromatic rings. The Morgan fingerprint density at radius 3 is 3.04 bits per heavy atom. The lowest BCUT2D eigenvalue weighted by Gasteiger charge is -2.41. The summed E-state index contributed by atoms with van der Waals surface area (Å²) in [6.07, 6.45) is 6.32. The maximum absolute atomic E-state index is 13.3. The summed E-state index contributed by atoms with van der Waals surface area (Å²) in [6.45, 7) is 6.96. The van der Waals surface area contributed by atoms with Crippen molar-refractivity contribution in [3.8, 4) is 0 Å². The average molecular weight is 380 g/mol. The molecular weight excluding hydrogens is 353 g/mol. The van der Waals surface area contributed by atoms with Gasteiger partial charge in [-0.25, -0.2) is 14.4 Å². The highest BCUT2D eigenvalue weighted by Crippen LogP contribution is 2.35. The van der Waals surface area contributed by atoms with Crippen molar-refractivity contribution in [2.24, 2.45) is 10.4 Å². The Kier molecular flexibility index (Phi) is 5.72. The number of aliphatic imine (C=N–C) groups is 1. The number of anilines is 1. The van der Waals surface area contributed by atoms with E-state index in [1.54, 1.807) is 0 Å². The number of carbonyl (C=O) groups is 1. The molecule has 1 aromatic heterocycles. The molecule has 8 heteroatoms. The zero-order valence-electron chi connectivity index (χ0n) is 15.6. The van der Waals surface area contributed by atoms with Crippen molar-refractivity contribution in [1.82, 2.24) is 14.8 Å². The second-order valence-corrected chi connectivity index (χ2v) is 8.71. The SMILES string of the molecule is CC(=O)Nc1ncc(CN2CCCC(C)(CC3=NC=C(F)CN3C)C2)s1. The van der Waals surface area contributed by atoms with Crippen molar-refractivity contribution in [2.75, 3.05) is 32.0 Å². The van der Waals surface area contributed by atoms with Gasteiger partial charge >= 0.3 is 0 Å². The fraction of sp³-hybridized carbons (Fsp3) is 0.611. The number of amides is 1. The molecule has 1 unspecified atom stereocenters. The molecule has 0 saturated carbocycles. The minimum absolute atomic E-state index is 0.0979. The molecule has 0 aromatic carbocycles. The van der Waals surface area contributed by atoms with E-state index in [1.807, 2.05) is 18.1 Å². The minimum Gasteiger partial charge on any atom is -0.356 e. The molecule has 1 amide bonds. The molecule has 2 aliphatic rings. The van der Waals surface area contributed by atoms with E-state index in [1.165, 1.54) is 24.5 Å². The summed E-state index contributed by atoms with van der Waals surface area (Å²) in [6, 6.07) is 0. The van der Waals surface area contributed by atoms with Crippen LogP contribution in [0.4, 0.5) is 9.52 Å². The van der Waals surface area contributed by atoms with Crippen LogP contribution in [0.1, 0.15) is 38.0 Å². The summed E-state index contributed by atoms with van der Waals surface area (Å²) < 4.78 is 13.3. The van der Waals surface area contributed by atoms with Gasteiger partial charge in [-0.3, -0.25) is 9.69 Å². The summed E-state index contributed by atoms with van der Waals surface area (Å²) in [4.78, 5) is 25.2. The molecule has 1 fully saturated rings. The molecule has 1 atom stereocenters. The Labute approximate surface area is 157 Å². The Hall–Kier alpha value is -1.80. The summed E-state index contributed by atoms with van der Waals surface area (Å²) in [5, 5.41) is 3.39. The first kappa shape index (κ1) is 19.0. The molecule has 142 valence electrons. The molecule has 0 bridgehead atoms. The predicted molar refractivity (Wildman–Crippen MR) is 103 cm³/mol. The second kappa shape index (κ2) is 7.84. The summed E-state index contributed by atoms with van der Waals surface area (Å²) in [5.74, 6) is 0.674. The molecule has 0 aliphatic carbocycles. The number of nitrogens with one attached hydrogen (secondary N) is 1. The maximum Gasteiger partial charge on any atom is 0.223 e. The first-order chi connectivity index (χ1) is 12.3. The van der Waals surface area contributed by atoms with Gasteiger partial charge in [0.2, 0.25) is 5.91 Å². The van der Waals surface area contributed by atoms with E-state index in [4.69, 9.17) is 0 Å². The predicted octanol–water partition coefficient (Wildman–Crippen LogP) is 3.25. The number of likely N-dealkylation sites (N-methyl/N-ethyl adjacent to an activating group) is 1. The smallest absolute Gasteiger partial charge is 0.223 e. The van der Waals surface area contributed by atoms with E-state index in [2.05, 4.69) is 27.1 Å². The van der Waals surface area contributed by atoms with E-state index >= 15 is 0 Å². The van der Waals surface area contributed by atoms with Gasteiger partial charge in [-0.15, -0.1) is 11.3 Å². The Balaban J connectivity index is 1.61. The van der Waals surface area contributed by atoms with E-state index in [9.17, 15) is 9.18 Å². The number of hydrogen-bond acceptors (Lipinski definition) is 6. The molecule has 1 N–H and O–H groups in total. The molecular formula is C18H26FN5OS. The van der Waals surface area contributed by atoms with Crippen LogP contribution >= 0.6 is 11.3 Å². The minimum atomic E-state index is -0.188. The monoisotopic (exact) mass is 379 g/mol. The highest BCUT2D eigenvalue weighted by atomic mass is 32.1. The lowest BCUT2D eigenvalue weighted by Crippen LogP contribution is -2.44. The van der Waals surface area contributed by atoms with Crippen LogP contribution in [0.3, 0.4) is 0 Å². The van der Waals surface area contributed by atoms with Crippen molar-refractivity contribution >= 4 is 28.2 Å². The first-order valence-corrected chi connectivity index (χ1v) is 9.72. The molecule has 0 radical (unpaired) electrons. The van der Waals surface area contributed by atoms with Gasteiger partial charge in [-0.2, -0.15) is 0 Å². The zero-order chi connectivity index (χ0) is 18.7. The molecule has 6 nitrogen and oxygen atoms in total. The quantitative estimate of drug-likeness (QED) is 0.853. The van der Waals surface area contributed by atoms with Crippen LogP contribution < -0.4 is 5.32 Å². The average Bonchev–Trinajstić information content (AvgIpc) is 2.96. The fourth-order valence-electron chi connectivity index (χ4n) is 3.68. The Morgan fingerprint density at radius 1 is 1.50 bits per heavy atom. The largest absolute Gasteiger partial charge is 0.356 e. The van der Waals surface area contributed by atoms with Crippen molar-refractivity contribution in [3.05, 3.63) is 23.1 Å². The maximum atomic E-state index is 13.3. The number of halogens is 1. The van der Waals surface area contributed by atoms with E-state index < -0.39 is 0 Å². The number of nitrogens with zero attached hydrogens (tertiary/aromatic N) is 4. The van der Waals surface area contributed by atoms with Gasteiger partial charge in [0.1, 0.15) is 11.7 Å². The Bertz CT molecular complexity index is 731. The normalized spacial score (nSPS) is 24.2. The van der Waals surface area contributed by atoms with Crippen LogP contribution in [0.2, 0.25) is 0 Å². The van der Waals surface area contributed by atoms with Crippen LogP contribution in [0.15, 0.2) is 23.2 Å². The summed E-state index contributed by atoms with van der Waals surface area (Å²) in [7, 11) is 1.90. The van der Waals surface area contributed by atoms with Gasteiger partial charge < -0.3 is 10.2 Å². The van der Waals surface area contributed by atoms with Crippen molar-refractivity contribution in [1.29, 1.82) is 0 Å². The number of likely N-dealkylation sites (tertiary alicyclic amines) is 1. The lowest BCUT2D eigenvalue weighted by molar-refractivity contribution is -0.114. The van der Waals surface area contributed by atoms with Gasteiger partial charge in [0.05, 0.1) is 12.7 Å². The number of aromatic nitrogens is 1. The number of piperidine rings is 1. The van der Waals surface area contributed by atoms with E-state index in [-0.39, 0.29) is 17.1 Å². The van der Waals surface area contributed by atoms with E-state index in [0.717, 1.165) is 49.6 Å². The number of carbonyl (C=O) groups excluding carboxylic acids is 1. The van der Waals surface area contributed by atoms with Crippen LogP contribution in [0.25, 0.3) is 0 Å². The highest BCUT2D eigenvalue weighted by molar-refractivity contribution is 7.15. The van der Waals surface area contributed by atoms with Gasteiger partial charge in [0, 0.05) is 44.6 Å². The molecule has 0 spiro atoms. The lowest BCUT2D eigenvalue weighted by atomic mass is 9.78. The Morgan fingerprint density at radius 2 is 2.31 bits per heavy atom.